The van der Waals surface area contributed by atoms with Gasteiger partial charge in [0, 0.05) is 24.0 Å². The van der Waals surface area contributed by atoms with Gasteiger partial charge >= 0.3 is 0 Å². The highest BCUT2D eigenvalue weighted by Gasteiger charge is 2.11. The summed E-state index contributed by atoms with van der Waals surface area (Å²) in [6, 6.07) is 14.4. The van der Waals surface area contributed by atoms with Crippen LogP contribution in [0.2, 0.25) is 0 Å². The van der Waals surface area contributed by atoms with Crippen LogP contribution in [0.3, 0.4) is 0 Å². The van der Waals surface area contributed by atoms with Gasteiger partial charge in [-0.05, 0) is 18.2 Å². The predicted molar refractivity (Wildman–Crippen MR) is 80.4 cm³/mol. The van der Waals surface area contributed by atoms with Gasteiger partial charge in [0.25, 0.3) is 0 Å². The highest BCUT2D eigenvalue weighted by atomic mass is 16.1. The van der Waals surface area contributed by atoms with E-state index in [-0.39, 0.29) is 24.4 Å². The Labute approximate surface area is 121 Å². The fourth-order valence-electron chi connectivity index (χ4n) is 2.25. The smallest absolute Gasteiger partial charge is 0.163 e. The number of benzene rings is 2. The largest absolute Gasteiger partial charge is 0.345 e. The van der Waals surface area contributed by atoms with Crippen LogP contribution >= 0.6 is 0 Å². The lowest BCUT2D eigenvalue weighted by Gasteiger charge is -2.02. The van der Waals surface area contributed by atoms with Crippen molar-refractivity contribution in [2.24, 2.45) is 0 Å². The van der Waals surface area contributed by atoms with E-state index in [1.54, 1.807) is 36.7 Å². The first-order chi connectivity index (χ1) is 10.2. The van der Waals surface area contributed by atoms with E-state index in [0.717, 1.165) is 11.0 Å². The molecule has 0 aliphatic rings. The lowest BCUT2D eigenvalue weighted by atomic mass is 10.0. The molecule has 4 heteroatoms. The average Bonchev–Trinajstić information content (AvgIpc) is 3.00. The molecular weight excluding hydrogens is 264 g/mol. The van der Waals surface area contributed by atoms with Crippen molar-refractivity contribution < 1.29 is 9.59 Å². The molecule has 0 saturated carbocycles. The van der Waals surface area contributed by atoms with E-state index < -0.39 is 0 Å². The Morgan fingerprint density at radius 3 is 2.38 bits per heavy atom. The Balaban J connectivity index is 1.67. The van der Waals surface area contributed by atoms with Crippen LogP contribution in [0.5, 0.6) is 0 Å². The van der Waals surface area contributed by atoms with Gasteiger partial charge in [-0.1, -0.05) is 30.3 Å². The van der Waals surface area contributed by atoms with E-state index in [4.69, 9.17) is 0 Å². The molecule has 1 N–H and O–H groups in total. The molecule has 3 rings (SSSR count). The summed E-state index contributed by atoms with van der Waals surface area (Å²) in [5, 5.41) is 0. The van der Waals surface area contributed by atoms with Crippen molar-refractivity contribution in [3.05, 3.63) is 66.0 Å². The van der Waals surface area contributed by atoms with Crippen molar-refractivity contribution in [2.45, 2.75) is 12.8 Å². The fourth-order valence-corrected chi connectivity index (χ4v) is 2.25. The van der Waals surface area contributed by atoms with Crippen LogP contribution in [0.1, 0.15) is 33.6 Å². The Kier molecular flexibility index (Phi) is 3.60. The third-order valence-electron chi connectivity index (χ3n) is 3.42. The highest BCUT2D eigenvalue weighted by Crippen LogP contribution is 2.14. The SMILES string of the molecule is O=C(CCC(=O)c1ccc2nc[nH]c2c1)c1ccccc1. The quantitative estimate of drug-likeness (QED) is 0.727. The van der Waals surface area contributed by atoms with Crippen LogP contribution in [0.4, 0.5) is 0 Å². The van der Waals surface area contributed by atoms with Crippen LogP contribution in [0.15, 0.2) is 54.9 Å². The third-order valence-corrected chi connectivity index (χ3v) is 3.42. The third kappa shape index (κ3) is 2.89. The molecule has 0 amide bonds. The molecule has 1 heterocycles. The summed E-state index contributed by atoms with van der Waals surface area (Å²) in [5.41, 5.74) is 2.91. The van der Waals surface area contributed by atoms with E-state index in [2.05, 4.69) is 9.97 Å². The zero-order chi connectivity index (χ0) is 14.7. The first-order valence-electron chi connectivity index (χ1n) is 6.78. The molecule has 0 aliphatic heterocycles. The normalized spacial score (nSPS) is 10.7. The molecule has 3 aromatic rings. The van der Waals surface area contributed by atoms with Crippen LogP contribution in [-0.2, 0) is 0 Å². The number of rotatable bonds is 5. The number of ketones is 2. The van der Waals surface area contributed by atoms with E-state index in [1.807, 2.05) is 18.2 Å². The van der Waals surface area contributed by atoms with Crippen molar-refractivity contribution in [3.8, 4) is 0 Å². The molecule has 1 aromatic heterocycles. The maximum atomic E-state index is 12.2. The monoisotopic (exact) mass is 278 g/mol. The summed E-state index contributed by atoms with van der Waals surface area (Å²) < 4.78 is 0. The lowest BCUT2D eigenvalue weighted by Crippen LogP contribution is -2.05. The number of nitrogens with one attached hydrogen (secondary N) is 1. The zero-order valence-electron chi connectivity index (χ0n) is 11.4. The zero-order valence-corrected chi connectivity index (χ0v) is 11.4. The number of carbonyl (C=O) groups is 2. The van der Waals surface area contributed by atoms with Gasteiger partial charge in [0.15, 0.2) is 11.6 Å². The Bertz CT molecular complexity index is 791. The molecule has 0 bridgehead atoms. The number of carbonyl (C=O) groups excluding carboxylic acids is 2. The van der Waals surface area contributed by atoms with Gasteiger partial charge in [-0.25, -0.2) is 4.98 Å². The Morgan fingerprint density at radius 2 is 1.62 bits per heavy atom. The van der Waals surface area contributed by atoms with Gasteiger partial charge in [-0.15, -0.1) is 0 Å². The number of hydrogen-bond acceptors (Lipinski definition) is 3. The summed E-state index contributed by atoms with van der Waals surface area (Å²) in [6.07, 6.45) is 2.04. The van der Waals surface area contributed by atoms with Crippen LogP contribution in [0, 0.1) is 0 Å². The second-order valence-electron chi connectivity index (χ2n) is 4.85. The number of hydrogen-bond donors (Lipinski definition) is 1. The van der Waals surface area contributed by atoms with Gasteiger partial charge in [0.05, 0.1) is 17.4 Å². The maximum absolute atomic E-state index is 12.2. The van der Waals surface area contributed by atoms with E-state index in [1.165, 1.54) is 0 Å². The minimum atomic E-state index is -0.0317. The number of fused-ring (bicyclic) bond motifs is 1. The lowest BCUT2D eigenvalue weighted by molar-refractivity contribution is 0.0917. The van der Waals surface area contributed by atoms with Gasteiger partial charge in [0.1, 0.15) is 0 Å². The molecular formula is C17H14N2O2. The van der Waals surface area contributed by atoms with E-state index in [0.29, 0.717) is 11.1 Å². The summed E-state index contributed by atoms with van der Waals surface area (Å²) >= 11 is 0. The average molecular weight is 278 g/mol. The molecule has 0 unspecified atom stereocenters. The van der Waals surface area contributed by atoms with E-state index in [9.17, 15) is 9.59 Å². The first kappa shape index (κ1) is 13.2. The number of aromatic nitrogens is 2. The van der Waals surface area contributed by atoms with E-state index >= 15 is 0 Å². The van der Waals surface area contributed by atoms with Crippen molar-refractivity contribution >= 4 is 22.6 Å². The van der Waals surface area contributed by atoms with Crippen LogP contribution in [-0.4, -0.2) is 21.5 Å². The molecule has 0 atom stereocenters. The Morgan fingerprint density at radius 1 is 0.905 bits per heavy atom. The predicted octanol–water partition coefficient (Wildman–Crippen LogP) is 3.41. The van der Waals surface area contributed by atoms with Gasteiger partial charge < -0.3 is 4.98 Å². The minimum absolute atomic E-state index is 0.00781. The number of imidazole rings is 1. The molecule has 21 heavy (non-hydrogen) atoms. The topological polar surface area (TPSA) is 62.8 Å². The van der Waals surface area contributed by atoms with Crippen molar-refractivity contribution in [1.82, 2.24) is 9.97 Å². The number of H-pyrrole nitrogens is 1. The van der Waals surface area contributed by atoms with Crippen molar-refractivity contribution in [1.29, 1.82) is 0 Å². The molecule has 0 spiro atoms. The summed E-state index contributed by atoms with van der Waals surface area (Å²) in [4.78, 5) is 31.2. The number of nitrogens with zero attached hydrogens (tertiary/aromatic N) is 1. The fraction of sp³-hybridized carbons (Fsp3) is 0.118. The van der Waals surface area contributed by atoms with Gasteiger partial charge in [-0.3, -0.25) is 9.59 Å². The highest BCUT2D eigenvalue weighted by molar-refractivity contribution is 6.03. The minimum Gasteiger partial charge on any atom is -0.345 e. The molecule has 2 aromatic carbocycles. The van der Waals surface area contributed by atoms with Crippen molar-refractivity contribution in [3.63, 3.8) is 0 Å². The standard InChI is InChI=1S/C17H14N2O2/c20-16(12-4-2-1-3-5-12)8-9-17(21)13-6-7-14-15(10-13)19-11-18-14/h1-7,10-11H,8-9H2,(H,18,19). The number of aromatic amines is 1. The molecule has 4 nitrogen and oxygen atoms in total. The molecule has 0 radical (unpaired) electrons. The van der Waals surface area contributed by atoms with Crippen molar-refractivity contribution in [2.75, 3.05) is 0 Å². The second kappa shape index (κ2) is 5.71. The van der Waals surface area contributed by atoms with Gasteiger partial charge in [0.2, 0.25) is 0 Å². The van der Waals surface area contributed by atoms with Gasteiger partial charge in [-0.2, -0.15) is 0 Å². The summed E-state index contributed by atoms with van der Waals surface area (Å²) in [5.74, 6) is -0.0395. The summed E-state index contributed by atoms with van der Waals surface area (Å²) in [7, 11) is 0. The second-order valence-corrected chi connectivity index (χ2v) is 4.85. The molecule has 104 valence electrons. The first-order valence-corrected chi connectivity index (χ1v) is 6.78. The molecule has 0 aliphatic carbocycles. The molecule has 0 saturated heterocycles. The van der Waals surface area contributed by atoms with Crippen LogP contribution in [0.25, 0.3) is 11.0 Å². The Hall–Kier alpha value is -2.75. The van der Waals surface area contributed by atoms with Crippen LogP contribution < -0.4 is 0 Å². The summed E-state index contributed by atoms with van der Waals surface area (Å²) in [6.45, 7) is 0. The molecule has 0 fully saturated rings. The number of Topliss-reactive ketones (excluding diaryl/α,β-unsaturated/α-hetero) is 2. The maximum Gasteiger partial charge on any atom is 0.163 e.